The van der Waals surface area contributed by atoms with Gasteiger partial charge < -0.3 is 5.32 Å². The highest BCUT2D eigenvalue weighted by Crippen LogP contribution is 2.23. The monoisotopic (exact) mass is 385 g/mol. The summed E-state index contributed by atoms with van der Waals surface area (Å²) in [5.74, 6) is 0.568. The van der Waals surface area contributed by atoms with Gasteiger partial charge >= 0.3 is 0 Å². The molecule has 0 heterocycles. The van der Waals surface area contributed by atoms with Crippen molar-refractivity contribution >= 4 is 39.9 Å². The molecule has 0 spiro atoms. The van der Waals surface area contributed by atoms with E-state index in [1.54, 1.807) is 0 Å². The van der Waals surface area contributed by atoms with E-state index in [1.165, 1.54) is 5.56 Å². The second-order valence-electron chi connectivity index (χ2n) is 4.65. The van der Waals surface area contributed by atoms with Gasteiger partial charge in [0.2, 0.25) is 0 Å². The average molecular weight is 386 g/mol. The molecule has 0 amide bonds. The summed E-state index contributed by atoms with van der Waals surface area (Å²) in [4.78, 5) is 0. The van der Waals surface area contributed by atoms with Crippen molar-refractivity contribution in [1.82, 2.24) is 0 Å². The maximum atomic E-state index is 5.95. The first kappa shape index (κ1) is 14.7. The van der Waals surface area contributed by atoms with Gasteiger partial charge in [0.25, 0.3) is 0 Å². The molecule has 1 N–H and O–H groups in total. The topological polar surface area (TPSA) is 12.0 Å². The predicted octanol–water partition coefficient (Wildman–Crippen LogP) is 5.55. The molecule has 19 heavy (non-hydrogen) atoms. The van der Waals surface area contributed by atoms with Gasteiger partial charge in [0.05, 0.1) is 0 Å². The largest absolute Gasteiger partial charge is 0.384 e. The van der Waals surface area contributed by atoms with Crippen molar-refractivity contribution in [2.24, 2.45) is 0 Å². The maximum Gasteiger partial charge on any atom is 0.0476 e. The molecule has 100 valence electrons. The van der Waals surface area contributed by atoms with E-state index in [1.807, 2.05) is 18.2 Å². The van der Waals surface area contributed by atoms with E-state index in [9.17, 15) is 0 Å². The SMILES string of the molecule is CC(CCNc1ccc(Cl)cc1I)c1ccccc1. The van der Waals surface area contributed by atoms with Gasteiger partial charge in [0.1, 0.15) is 0 Å². The molecule has 0 radical (unpaired) electrons. The Bertz CT molecular complexity index is 528. The first-order valence-electron chi connectivity index (χ1n) is 6.40. The summed E-state index contributed by atoms with van der Waals surface area (Å²) in [6.07, 6.45) is 1.11. The summed E-state index contributed by atoms with van der Waals surface area (Å²) < 4.78 is 1.16. The molecule has 1 unspecified atom stereocenters. The van der Waals surface area contributed by atoms with E-state index >= 15 is 0 Å². The fourth-order valence-electron chi connectivity index (χ4n) is 2.00. The summed E-state index contributed by atoms with van der Waals surface area (Å²) in [6.45, 7) is 3.23. The summed E-state index contributed by atoms with van der Waals surface area (Å²) in [5, 5.41) is 4.26. The normalized spacial score (nSPS) is 12.2. The lowest BCUT2D eigenvalue weighted by atomic mass is 9.98. The molecule has 2 aromatic carbocycles. The van der Waals surface area contributed by atoms with Gasteiger partial charge in [-0.05, 0) is 58.7 Å². The summed E-state index contributed by atoms with van der Waals surface area (Å²) in [5.41, 5.74) is 2.56. The third-order valence-corrected chi connectivity index (χ3v) is 4.32. The number of hydrogen-bond donors (Lipinski definition) is 1. The van der Waals surface area contributed by atoms with E-state index < -0.39 is 0 Å². The smallest absolute Gasteiger partial charge is 0.0476 e. The zero-order valence-electron chi connectivity index (χ0n) is 10.9. The second kappa shape index (κ2) is 7.15. The molecule has 0 fully saturated rings. The molecule has 0 bridgehead atoms. The third kappa shape index (κ3) is 4.39. The fraction of sp³-hybridized carbons (Fsp3) is 0.250. The Labute approximate surface area is 133 Å². The van der Waals surface area contributed by atoms with E-state index in [-0.39, 0.29) is 0 Å². The van der Waals surface area contributed by atoms with Crippen LogP contribution in [0.25, 0.3) is 0 Å². The number of nitrogens with one attached hydrogen (secondary N) is 1. The summed E-state index contributed by atoms with van der Waals surface area (Å²) in [6, 6.07) is 16.6. The van der Waals surface area contributed by atoms with E-state index in [0.717, 1.165) is 27.2 Å². The molecule has 0 aliphatic rings. The molecule has 1 atom stereocenters. The number of hydrogen-bond acceptors (Lipinski definition) is 1. The quantitative estimate of drug-likeness (QED) is 0.665. The number of anilines is 1. The van der Waals surface area contributed by atoms with Crippen molar-refractivity contribution in [1.29, 1.82) is 0 Å². The number of halogens is 2. The van der Waals surface area contributed by atoms with Crippen LogP contribution in [-0.4, -0.2) is 6.54 Å². The van der Waals surface area contributed by atoms with Crippen LogP contribution in [0.4, 0.5) is 5.69 Å². The van der Waals surface area contributed by atoms with Gasteiger partial charge in [-0.1, -0.05) is 48.9 Å². The van der Waals surface area contributed by atoms with Gasteiger partial charge in [0, 0.05) is 20.8 Å². The molecular formula is C16H17ClIN. The van der Waals surface area contributed by atoms with Crippen LogP contribution in [0.15, 0.2) is 48.5 Å². The summed E-state index contributed by atoms with van der Waals surface area (Å²) in [7, 11) is 0. The van der Waals surface area contributed by atoms with Crippen LogP contribution in [-0.2, 0) is 0 Å². The number of rotatable bonds is 5. The van der Waals surface area contributed by atoms with Crippen LogP contribution in [0.2, 0.25) is 5.02 Å². The maximum absolute atomic E-state index is 5.95. The molecular weight excluding hydrogens is 369 g/mol. The molecule has 0 aliphatic heterocycles. The molecule has 0 aromatic heterocycles. The Hall–Kier alpha value is -0.740. The van der Waals surface area contributed by atoms with Gasteiger partial charge in [-0.3, -0.25) is 0 Å². The fourth-order valence-corrected chi connectivity index (χ4v) is 3.07. The molecule has 1 nitrogen and oxygen atoms in total. The Morgan fingerprint density at radius 2 is 1.89 bits per heavy atom. The summed E-state index contributed by atoms with van der Waals surface area (Å²) >= 11 is 8.26. The van der Waals surface area contributed by atoms with Crippen LogP contribution in [0, 0.1) is 3.57 Å². The van der Waals surface area contributed by atoms with Crippen molar-refractivity contribution in [3.05, 3.63) is 62.7 Å². The molecule has 0 saturated carbocycles. The van der Waals surface area contributed by atoms with Crippen molar-refractivity contribution in [2.75, 3.05) is 11.9 Å². The molecule has 2 rings (SSSR count). The molecule has 0 saturated heterocycles. The van der Waals surface area contributed by atoms with Crippen molar-refractivity contribution in [2.45, 2.75) is 19.3 Å². The van der Waals surface area contributed by atoms with Crippen LogP contribution in [0.3, 0.4) is 0 Å². The van der Waals surface area contributed by atoms with Crippen LogP contribution < -0.4 is 5.32 Å². The second-order valence-corrected chi connectivity index (χ2v) is 6.25. The standard InChI is InChI=1S/C16H17ClIN/c1-12(13-5-3-2-4-6-13)9-10-19-16-8-7-14(17)11-15(16)18/h2-8,11-12,19H,9-10H2,1H3. The van der Waals surface area contributed by atoms with Gasteiger partial charge in [-0.2, -0.15) is 0 Å². The van der Waals surface area contributed by atoms with Crippen LogP contribution in [0.1, 0.15) is 24.8 Å². The minimum Gasteiger partial charge on any atom is -0.384 e. The molecule has 2 aromatic rings. The first-order valence-corrected chi connectivity index (χ1v) is 7.86. The highest BCUT2D eigenvalue weighted by molar-refractivity contribution is 14.1. The molecule has 0 aliphatic carbocycles. The zero-order valence-corrected chi connectivity index (χ0v) is 13.8. The van der Waals surface area contributed by atoms with E-state index in [0.29, 0.717) is 5.92 Å². The predicted molar refractivity (Wildman–Crippen MR) is 92.1 cm³/mol. The first-order chi connectivity index (χ1) is 9.16. The van der Waals surface area contributed by atoms with Crippen molar-refractivity contribution < 1.29 is 0 Å². The zero-order chi connectivity index (χ0) is 13.7. The minimum atomic E-state index is 0.568. The van der Waals surface area contributed by atoms with Gasteiger partial charge in [0.15, 0.2) is 0 Å². The Kier molecular flexibility index (Phi) is 5.52. The van der Waals surface area contributed by atoms with Gasteiger partial charge in [-0.25, -0.2) is 0 Å². The minimum absolute atomic E-state index is 0.568. The van der Waals surface area contributed by atoms with E-state index in [4.69, 9.17) is 11.6 Å². The van der Waals surface area contributed by atoms with E-state index in [2.05, 4.69) is 65.2 Å². The lowest BCUT2D eigenvalue weighted by molar-refractivity contribution is 0.706. The van der Waals surface area contributed by atoms with Gasteiger partial charge in [-0.15, -0.1) is 0 Å². The Morgan fingerprint density at radius 1 is 1.16 bits per heavy atom. The number of benzene rings is 2. The lowest BCUT2D eigenvalue weighted by Gasteiger charge is -2.14. The average Bonchev–Trinajstić information content (AvgIpc) is 2.42. The highest BCUT2D eigenvalue weighted by atomic mass is 127. The molecule has 3 heteroatoms. The lowest BCUT2D eigenvalue weighted by Crippen LogP contribution is -2.06. The van der Waals surface area contributed by atoms with Crippen molar-refractivity contribution in [3.63, 3.8) is 0 Å². The van der Waals surface area contributed by atoms with Crippen LogP contribution >= 0.6 is 34.2 Å². The Morgan fingerprint density at radius 3 is 2.58 bits per heavy atom. The third-order valence-electron chi connectivity index (χ3n) is 3.19. The Balaban J connectivity index is 1.86. The highest BCUT2D eigenvalue weighted by Gasteiger charge is 2.05. The van der Waals surface area contributed by atoms with Crippen molar-refractivity contribution in [3.8, 4) is 0 Å². The van der Waals surface area contributed by atoms with Crippen LogP contribution in [0.5, 0.6) is 0 Å².